The molecule has 0 radical (unpaired) electrons. The number of rotatable bonds is 48. The molecule has 0 spiro atoms. The first kappa shape index (κ1) is 60.1. The lowest BCUT2D eigenvalue weighted by atomic mass is 10.0. The molecule has 0 aliphatic heterocycles. The van der Waals surface area contributed by atoms with Gasteiger partial charge in [-0.2, -0.15) is 0 Å². The quantitative estimate of drug-likeness (QED) is 0.0262. The van der Waals surface area contributed by atoms with Crippen molar-refractivity contribution in [1.82, 2.24) is 0 Å². The van der Waals surface area contributed by atoms with E-state index >= 15 is 0 Å². The number of unbranched alkanes of at least 4 members (excludes halogenated alkanes) is 27. The Morgan fingerprint density at radius 2 is 0.619 bits per heavy atom. The molecule has 1 atom stereocenters. The second-order valence-corrected chi connectivity index (χ2v) is 17.8. The predicted octanol–water partition coefficient (Wildman–Crippen LogP) is 17.6. The van der Waals surface area contributed by atoms with Crippen LogP contribution in [0.4, 0.5) is 0 Å². The first-order chi connectivity index (χ1) is 31.0. The third-order valence-electron chi connectivity index (χ3n) is 11.5. The standard InChI is InChI=1S/C57H100O6/c1-4-7-10-13-16-19-20-21-22-23-24-25-26-27-28-29-30-31-32-33-34-35-36-37-38-39-42-44-47-50-56(59)62-53-54(63-57(60)51-48-45-41-18-15-12-9-6-3)52-61-55(58)49-46-43-40-17-14-11-8-5-2/h7,10,16,19,21-22,24-25,27-28,54H,4-6,8-9,11-15,17-18,20,23,26,29-53H2,1-3H3/b10-7-,19-16-,22-21-,25-24-,28-27-. The van der Waals surface area contributed by atoms with Crippen LogP contribution in [0.15, 0.2) is 60.8 Å². The molecule has 0 aromatic heterocycles. The predicted molar refractivity (Wildman–Crippen MR) is 270 cm³/mol. The Morgan fingerprint density at radius 1 is 0.333 bits per heavy atom. The molecule has 0 saturated carbocycles. The average Bonchev–Trinajstić information content (AvgIpc) is 3.28. The number of carbonyl (C=O) groups excluding carboxylic acids is 3. The van der Waals surface area contributed by atoms with E-state index in [1.54, 1.807) is 0 Å². The van der Waals surface area contributed by atoms with E-state index in [4.69, 9.17) is 14.2 Å². The van der Waals surface area contributed by atoms with Gasteiger partial charge in [-0.3, -0.25) is 14.4 Å². The average molecular weight is 881 g/mol. The largest absolute Gasteiger partial charge is 0.462 e. The first-order valence-electron chi connectivity index (χ1n) is 26.8. The van der Waals surface area contributed by atoms with E-state index in [1.165, 1.54) is 135 Å². The fraction of sp³-hybridized carbons (Fsp3) is 0.772. The van der Waals surface area contributed by atoms with E-state index < -0.39 is 6.10 Å². The van der Waals surface area contributed by atoms with Gasteiger partial charge < -0.3 is 14.2 Å². The van der Waals surface area contributed by atoms with Gasteiger partial charge in [0.15, 0.2) is 6.10 Å². The summed E-state index contributed by atoms with van der Waals surface area (Å²) in [5.41, 5.74) is 0. The van der Waals surface area contributed by atoms with Gasteiger partial charge in [-0.05, 0) is 64.2 Å². The maximum Gasteiger partial charge on any atom is 0.306 e. The number of allylic oxidation sites excluding steroid dienone is 10. The molecule has 0 aromatic carbocycles. The van der Waals surface area contributed by atoms with Crippen LogP contribution in [0, 0.1) is 0 Å². The monoisotopic (exact) mass is 881 g/mol. The van der Waals surface area contributed by atoms with Crippen LogP contribution in [0.1, 0.15) is 265 Å². The van der Waals surface area contributed by atoms with Crippen LogP contribution >= 0.6 is 0 Å². The molecule has 0 fully saturated rings. The molecule has 63 heavy (non-hydrogen) atoms. The number of carbonyl (C=O) groups is 3. The summed E-state index contributed by atoms with van der Waals surface area (Å²) in [6, 6.07) is 0. The maximum absolute atomic E-state index is 12.7. The van der Waals surface area contributed by atoms with Gasteiger partial charge in [0.05, 0.1) is 0 Å². The van der Waals surface area contributed by atoms with Crippen LogP contribution in [0.5, 0.6) is 0 Å². The molecule has 0 amide bonds. The minimum absolute atomic E-state index is 0.0707. The summed E-state index contributed by atoms with van der Waals surface area (Å²) in [5, 5.41) is 0. The van der Waals surface area contributed by atoms with Gasteiger partial charge in [0.25, 0.3) is 0 Å². The van der Waals surface area contributed by atoms with Gasteiger partial charge in [-0.15, -0.1) is 0 Å². The minimum Gasteiger partial charge on any atom is -0.462 e. The highest BCUT2D eigenvalue weighted by atomic mass is 16.6. The molecular weight excluding hydrogens is 781 g/mol. The summed E-state index contributed by atoms with van der Waals surface area (Å²) in [7, 11) is 0. The Labute approximate surface area is 390 Å². The van der Waals surface area contributed by atoms with Crippen molar-refractivity contribution < 1.29 is 28.6 Å². The Kier molecular flexibility index (Phi) is 49.4. The Hall–Kier alpha value is -2.89. The van der Waals surface area contributed by atoms with E-state index in [0.717, 1.165) is 89.9 Å². The van der Waals surface area contributed by atoms with Crippen LogP contribution in [0.2, 0.25) is 0 Å². The van der Waals surface area contributed by atoms with Crippen molar-refractivity contribution in [2.75, 3.05) is 13.2 Å². The molecule has 6 nitrogen and oxygen atoms in total. The van der Waals surface area contributed by atoms with Crippen molar-refractivity contribution in [3.63, 3.8) is 0 Å². The summed E-state index contributed by atoms with van der Waals surface area (Å²) in [4.78, 5) is 37.7. The van der Waals surface area contributed by atoms with Crippen molar-refractivity contribution in [2.45, 2.75) is 271 Å². The van der Waals surface area contributed by atoms with E-state index in [1.807, 2.05) is 0 Å². The maximum atomic E-state index is 12.7. The van der Waals surface area contributed by atoms with Crippen molar-refractivity contribution in [1.29, 1.82) is 0 Å². The zero-order valence-corrected chi connectivity index (χ0v) is 41.6. The lowest BCUT2D eigenvalue weighted by molar-refractivity contribution is -0.167. The van der Waals surface area contributed by atoms with Gasteiger partial charge in [-0.25, -0.2) is 0 Å². The highest BCUT2D eigenvalue weighted by Crippen LogP contribution is 2.15. The molecule has 0 rings (SSSR count). The van der Waals surface area contributed by atoms with Crippen LogP contribution in [0.3, 0.4) is 0 Å². The summed E-state index contributed by atoms with van der Waals surface area (Å²) in [5.74, 6) is -0.876. The molecule has 1 unspecified atom stereocenters. The van der Waals surface area contributed by atoms with Gasteiger partial charge in [-0.1, -0.05) is 242 Å². The van der Waals surface area contributed by atoms with Crippen LogP contribution in [-0.4, -0.2) is 37.2 Å². The minimum atomic E-state index is -0.766. The van der Waals surface area contributed by atoms with E-state index in [-0.39, 0.29) is 31.1 Å². The van der Waals surface area contributed by atoms with Crippen molar-refractivity contribution in [3.8, 4) is 0 Å². The third kappa shape index (κ3) is 50.0. The number of hydrogen-bond donors (Lipinski definition) is 0. The third-order valence-corrected chi connectivity index (χ3v) is 11.5. The Morgan fingerprint density at radius 3 is 0.968 bits per heavy atom. The van der Waals surface area contributed by atoms with E-state index in [2.05, 4.69) is 81.5 Å². The summed E-state index contributed by atoms with van der Waals surface area (Å²) < 4.78 is 16.7. The van der Waals surface area contributed by atoms with E-state index in [9.17, 15) is 14.4 Å². The molecule has 0 aliphatic rings. The van der Waals surface area contributed by atoms with Gasteiger partial charge >= 0.3 is 17.9 Å². The highest BCUT2D eigenvalue weighted by Gasteiger charge is 2.19. The number of ether oxygens (including phenoxy) is 3. The zero-order chi connectivity index (χ0) is 45.8. The smallest absolute Gasteiger partial charge is 0.306 e. The molecular formula is C57H100O6. The molecule has 6 heteroatoms. The lowest BCUT2D eigenvalue weighted by Crippen LogP contribution is -2.30. The first-order valence-corrected chi connectivity index (χ1v) is 26.8. The summed E-state index contributed by atoms with van der Waals surface area (Å²) in [6.07, 6.45) is 63.9. The van der Waals surface area contributed by atoms with E-state index in [0.29, 0.717) is 19.3 Å². The zero-order valence-electron chi connectivity index (χ0n) is 41.6. The molecule has 0 heterocycles. The lowest BCUT2D eigenvalue weighted by Gasteiger charge is -2.18. The molecule has 364 valence electrons. The Balaban J connectivity index is 4.00. The SMILES string of the molecule is CC/C=C\C/C=C\C/C=C\C/C=C\C/C=C\CCCCCCCCCCCCCCCC(=O)OCC(COC(=O)CCCCCCCCCC)OC(=O)CCCCCCCCCC. The van der Waals surface area contributed by atoms with Crippen molar-refractivity contribution in [2.24, 2.45) is 0 Å². The second kappa shape index (κ2) is 51.7. The molecule has 0 aromatic rings. The summed E-state index contributed by atoms with van der Waals surface area (Å²) >= 11 is 0. The Bertz CT molecular complexity index is 1150. The topological polar surface area (TPSA) is 78.9 Å². The number of esters is 3. The van der Waals surface area contributed by atoms with Gasteiger partial charge in [0, 0.05) is 19.3 Å². The van der Waals surface area contributed by atoms with Gasteiger partial charge in [0.1, 0.15) is 13.2 Å². The van der Waals surface area contributed by atoms with Crippen LogP contribution in [0.25, 0.3) is 0 Å². The van der Waals surface area contributed by atoms with Crippen molar-refractivity contribution >= 4 is 17.9 Å². The second-order valence-electron chi connectivity index (χ2n) is 17.8. The van der Waals surface area contributed by atoms with Crippen LogP contribution < -0.4 is 0 Å². The summed E-state index contributed by atoms with van der Waals surface area (Å²) in [6.45, 7) is 6.47. The van der Waals surface area contributed by atoms with Crippen molar-refractivity contribution in [3.05, 3.63) is 60.8 Å². The molecule has 0 N–H and O–H groups in total. The molecule has 0 aliphatic carbocycles. The molecule has 0 bridgehead atoms. The fourth-order valence-corrected chi connectivity index (χ4v) is 7.53. The number of hydrogen-bond acceptors (Lipinski definition) is 6. The van der Waals surface area contributed by atoms with Gasteiger partial charge in [0.2, 0.25) is 0 Å². The molecule has 0 saturated heterocycles. The highest BCUT2D eigenvalue weighted by molar-refractivity contribution is 5.71. The van der Waals surface area contributed by atoms with Crippen LogP contribution in [-0.2, 0) is 28.6 Å². The normalized spacial score (nSPS) is 12.5. The fourth-order valence-electron chi connectivity index (χ4n) is 7.53.